The van der Waals surface area contributed by atoms with Gasteiger partial charge in [-0.05, 0) is 29.0 Å². The molecule has 0 aromatic carbocycles. The van der Waals surface area contributed by atoms with Gasteiger partial charge in [-0.25, -0.2) is 0 Å². The number of aromatic nitrogens is 1. The van der Waals surface area contributed by atoms with Gasteiger partial charge in [0.25, 0.3) is 5.91 Å². The van der Waals surface area contributed by atoms with Gasteiger partial charge in [-0.1, -0.05) is 23.9 Å². The van der Waals surface area contributed by atoms with E-state index in [4.69, 9.17) is 5.73 Å². The van der Waals surface area contributed by atoms with Crippen LogP contribution in [0.15, 0.2) is 35.0 Å². The summed E-state index contributed by atoms with van der Waals surface area (Å²) in [6.07, 6.45) is 1.82. The number of rotatable bonds is 2. The third kappa shape index (κ3) is 2.47. The summed E-state index contributed by atoms with van der Waals surface area (Å²) in [6.45, 7) is 0. The Morgan fingerprint density at radius 1 is 1.15 bits per heavy atom. The highest BCUT2D eigenvalue weighted by atomic mass is 32.2. The van der Waals surface area contributed by atoms with Crippen molar-refractivity contribution in [3.05, 3.63) is 61.0 Å². The monoisotopic (exact) mass is 394 g/mol. The summed E-state index contributed by atoms with van der Waals surface area (Å²) in [5.41, 5.74) is 6.51. The van der Waals surface area contributed by atoms with E-state index >= 15 is 0 Å². The van der Waals surface area contributed by atoms with Crippen LogP contribution in [0.2, 0.25) is 0 Å². The van der Waals surface area contributed by atoms with Crippen LogP contribution in [0.1, 0.15) is 25.5 Å². The normalized spacial score (nSPS) is 17.0. The molecule has 1 atom stereocenters. The van der Waals surface area contributed by atoms with Crippen LogP contribution in [-0.4, -0.2) is 10.5 Å². The highest BCUT2D eigenvalue weighted by Gasteiger charge is 2.34. The Morgan fingerprint density at radius 3 is 2.54 bits per heavy atom. The molecule has 1 aliphatic rings. The number of anilines is 1. The summed E-state index contributed by atoms with van der Waals surface area (Å²) in [6, 6.07) is 11.8. The average molecular weight is 395 g/mol. The number of thioether (sulfide) groups is 1. The molecular weight excluding hydrogens is 384 g/mol. The van der Waals surface area contributed by atoms with Crippen molar-refractivity contribution in [2.24, 2.45) is 0 Å². The van der Waals surface area contributed by atoms with E-state index in [2.05, 4.69) is 6.07 Å². The number of carbonyl (C=O) groups is 1. The summed E-state index contributed by atoms with van der Waals surface area (Å²) >= 11 is 4.18. The van der Waals surface area contributed by atoms with Gasteiger partial charge in [-0.2, -0.15) is 10.5 Å². The van der Waals surface area contributed by atoms with Crippen molar-refractivity contribution >= 4 is 57.0 Å². The highest BCUT2D eigenvalue weighted by molar-refractivity contribution is 8.09. The summed E-state index contributed by atoms with van der Waals surface area (Å²) in [5.74, 6) is -0.250. The predicted molar refractivity (Wildman–Crippen MR) is 105 cm³/mol. The van der Waals surface area contributed by atoms with Gasteiger partial charge in [0, 0.05) is 15.0 Å². The van der Waals surface area contributed by atoms with E-state index in [-0.39, 0.29) is 17.3 Å². The van der Waals surface area contributed by atoms with Crippen LogP contribution in [0.3, 0.4) is 0 Å². The minimum absolute atomic E-state index is 0.0856. The molecule has 0 fully saturated rings. The topological polar surface area (TPSA) is 95.6 Å². The third-order valence-electron chi connectivity index (χ3n) is 3.98. The summed E-state index contributed by atoms with van der Waals surface area (Å²) in [5, 5.41) is 23.5. The molecule has 0 aliphatic carbocycles. The molecule has 0 saturated carbocycles. The molecule has 0 saturated heterocycles. The fourth-order valence-electron chi connectivity index (χ4n) is 2.86. The number of nitrogen functional groups attached to an aromatic ring is 1. The Morgan fingerprint density at radius 2 is 1.92 bits per heavy atom. The van der Waals surface area contributed by atoms with Gasteiger partial charge in [0.05, 0.1) is 11.0 Å². The number of nitriles is 2. The molecule has 3 aromatic rings. The standard InChI is InChI=1S/C18H10N4OS3/c19-8-12-15(21)11(7-10-3-1-5-24-10)16-14(9-20)26-17(18(23)22(12)16)13-4-2-6-25-13/h1-7,17H,21H2/b11-7+/t17-/m1/s1. The van der Waals surface area contributed by atoms with Crippen molar-refractivity contribution in [2.45, 2.75) is 5.25 Å². The number of fused-ring (bicyclic) bond motifs is 1. The lowest BCUT2D eigenvalue weighted by molar-refractivity contribution is 0.0906. The van der Waals surface area contributed by atoms with Gasteiger partial charge in [0.1, 0.15) is 22.3 Å². The van der Waals surface area contributed by atoms with Crippen LogP contribution >= 0.6 is 34.4 Å². The Labute approximate surface area is 160 Å². The molecule has 4 rings (SSSR count). The molecular formula is C18H10N4OS3. The lowest BCUT2D eigenvalue weighted by atomic mass is 10.2. The van der Waals surface area contributed by atoms with Crippen LogP contribution in [0.25, 0.3) is 11.0 Å². The van der Waals surface area contributed by atoms with Gasteiger partial charge >= 0.3 is 0 Å². The van der Waals surface area contributed by atoms with Crippen LogP contribution in [0.4, 0.5) is 5.69 Å². The molecule has 0 radical (unpaired) electrons. The minimum atomic E-state index is -0.550. The largest absolute Gasteiger partial charge is 0.396 e. The zero-order valence-corrected chi connectivity index (χ0v) is 15.6. The summed E-state index contributed by atoms with van der Waals surface area (Å²) in [7, 11) is 0. The van der Waals surface area contributed by atoms with E-state index < -0.39 is 5.25 Å². The molecule has 126 valence electrons. The average Bonchev–Trinajstić information content (AvgIpc) is 3.38. The van der Waals surface area contributed by atoms with Crippen LogP contribution < -0.4 is 16.3 Å². The lowest BCUT2D eigenvalue weighted by Crippen LogP contribution is -2.40. The molecule has 3 aromatic heterocycles. The highest BCUT2D eigenvalue weighted by Crippen LogP contribution is 2.40. The second kappa shape index (κ2) is 6.50. The molecule has 26 heavy (non-hydrogen) atoms. The van der Waals surface area contributed by atoms with E-state index in [9.17, 15) is 15.3 Å². The van der Waals surface area contributed by atoms with Crippen molar-refractivity contribution in [2.75, 3.05) is 5.73 Å². The van der Waals surface area contributed by atoms with E-state index in [0.717, 1.165) is 9.75 Å². The minimum Gasteiger partial charge on any atom is -0.396 e. The smallest absolute Gasteiger partial charge is 0.251 e. The van der Waals surface area contributed by atoms with Gasteiger partial charge in [-0.3, -0.25) is 9.36 Å². The fourth-order valence-corrected chi connectivity index (χ4v) is 5.53. The van der Waals surface area contributed by atoms with Crippen LogP contribution in [0, 0.1) is 22.7 Å². The first-order valence-electron chi connectivity index (χ1n) is 7.50. The number of nitrogens with zero attached hydrogens (tertiary/aromatic N) is 3. The first-order chi connectivity index (χ1) is 12.7. The Balaban J connectivity index is 2.08. The molecule has 0 unspecified atom stereocenters. The van der Waals surface area contributed by atoms with Gasteiger partial charge < -0.3 is 5.73 Å². The second-order valence-electron chi connectivity index (χ2n) is 5.42. The van der Waals surface area contributed by atoms with E-state index in [1.807, 2.05) is 47.2 Å². The first-order valence-corrected chi connectivity index (χ1v) is 10.1. The Kier molecular flexibility index (Phi) is 4.17. The molecule has 2 N–H and O–H groups in total. The van der Waals surface area contributed by atoms with Crippen molar-refractivity contribution < 1.29 is 4.79 Å². The van der Waals surface area contributed by atoms with E-state index in [1.165, 1.54) is 39.0 Å². The van der Waals surface area contributed by atoms with Gasteiger partial charge in [0.15, 0.2) is 5.69 Å². The summed E-state index contributed by atoms with van der Waals surface area (Å²) < 4.78 is 1.31. The lowest BCUT2D eigenvalue weighted by Gasteiger charge is -2.19. The molecule has 0 amide bonds. The van der Waals surface area contributed by atoms with Crippen molar-refractivity contribution in [3.8, 4) is 12.1 Å². The van der Waals surface area contributed by atoms with Crippen molar-refractivity contribution in [1.82, 2.24) is 4.57 Å². The molecule has 5 nitrogen and oxygen atoms in total. The predicted octanol–water partition coefficient (Wildman–Crippen LogP) is 2.65. The van der Waals surface area contributed by atoms with Gasteiger partial charge in [-0.15, -0.1) is 22.7 Å². The number of hydrogen-bond acceptors (Lipinski definition) is 7. The molecule has 0 bridgehead atoms. The zero-order valence-electron chi connectivity index (χ0n) is 13.2. The third-order valence-corrected chi connectivity index (χ3v) is 7.10. The number of thiophene rings is 2. The van der Waals surface area contributed by atoms with Crippen LogP contribution in [-0.2, 0) is 0 Å². The zero-order chi connectivity index (χ0) is 18.3. The van der Waals surface area contributed by atoms with Crippen molar-refractivity contribution in [3.63, 3.8) is 0 Å². The number of hydrogen-bond donors (Lipinski definition) is 1. The fraction of sp³-hybridized carbons (Fsp3) is 0.0556. The molecule has 1 aliphatic heterocycles. The van der Waals surface area contributed by atoms with Crippen molar-refractivity contribution in [1.29, 1.82) is 10.5 Å². The SMILES string of the molecule is N#CC1=c2/c(=C/c3cccs3)c(N)c(C#N)n2C(=O)[C@@H](c2cccs2)S1. The van der Waals surface area contributed by atoms with Crippen LogP contribution in [0.5, 0.6) is 0 Å². The second-order valence-corrected chi connectivity index (χ2v) is 8.50. The number of nitrogens with two attached hydrogens (primary N) is 1. The number of carbonyl (C=O) groups excluding carboxylic acids is 1. The molecule has 0 spiro atoms. The molecule has 4 heterocycles. The quantitative estimate of drug-likeness (QED) is 0.721. The maximum absolute atomic E-state index is 13.1. The Bertz CT molecular complexity index is 1210. The first kappa shape index (κ1) is 16.7. The van der Waals surface area contributed by atoms with E-state index in [1.54, 1.807) is 0 Å². The maximum atomic E-state index is 13.1. The summed E-state index contributed by atoms with van der Waals surface area (Å²) in [4.78, 5) is 15.3. The Hall–Kier alpha value is -2.78. The van der Waals surface area contributed by atoms with Gasteiger partial charge in [0.2, 0.25) is 0 Å². The molecule has 8 heteroatoms. The van der Waals surface area contributed by atoms with E-state index in [0.29, 0.717) is 15.5 Å². The maximum Gasteiger partial charge on any atom is 0.251 e.